The molecule has 1 aromatic rings. The van der Waals surface area contributed by atoms with Crippen LogP contribution < -0.4 is 10.6 Å². The van der Waals surface area contributed by atoms with Gasteiger partial charge in [-0.2, -0.15) is 13.2 Å². The second-order valence-corrected chi connectivity index (χ2v) is 7.30. The highest BCUT2D eigenvalue weighted by molar-refractivity contribution is 6.33. The van der Waals surface area contributed by atoms with Crippen molar-refractivity contribution >= 4 is 23.3 Å². The van der Waals surface area contributed by atoms with E-state index in [1.54, 1.807) is 0 Å². The molecular formula is C19H21ClF3N3O. The summed E-state index contributed by atoms with van der Waals surface area (Å²) in [6, 6.07) is 2.75. The molecule has 4 nitrogen and oxygen atoms in total. The quantitative estimate of drug-likeness (QED) is 0.797. The smallest absolute Gasteiger partial charge is 0.370 e. The second kappa shape index (κ2) is 8.33. The maximum absolute atomic E-state index is 12.9. The fourth-order valence-electron chi connectivity index (χ4n) is 3.38. The summed E-state index contributed by atoms with van der Waals surface area (Å²) in [5, 5.41) is 6.16. The molecule has 1 amide bonds. The van der Waals surface area contributed by atoms with Gasteiger partial charge < -0.3 is 10.6 Å². The zero-order chi connectivity index (χ0) is 19.4. The van der Waals surface area contributed by atoms with Crippen LogP contribution in [-0.2, 0) is 6.18 Å². The lowest BCUT2D eigenvalue weighted by Crippen LogP contribution is -2.39. The number of nitrogens with zero attached hydrogens (tertiary/aromatic N) is 1. The van der Waals surface area contributed by atoms with E-state index in [2.05, 4.69) is 15.6 Å². The number of halogens is 4. The Hall–Kier alpha value is -2.02. The molecule has 0 atom stereocenters. The minimum Gasteiger partial charge on any atom is -0.370 e. The molecular weight excluding hydrogens is 379 g/mol. The molecule has 0 aromatic heterocycles. The molecule has 0 radical (unpaired) electrons. The molecule has 8 heteroatoms. The molecule has 0 unspecified atom stereocenters. The third-order valence-corrected chi connectivity index (χ3v) is 5.26. The van der Waals surface area contributed by atoms with E-state index in [1.807, 2.05) is 12.2 Å². The van der Waals surface area contributed by atoms with Crippen molar-refractivity contribution in [1.82, 2.24) is 10.6 Å². The van der Waals surface area contributed by atoms with Crippen LogP contribution in [-0.4, -0.2) is 30.9 Å². The van der Waals surface area contributed by atoms with E-state index in [-0.39, 0.29) is 16.6 Å². The molecule has 1 aliphatic heterocycles. The van der Waals surface area contributed by atoms with Gasteiger partial charge in [0.15, 0.2) is 0 Å². The predicted octanol–water partition coefficient (Wildman–Crippen LogP) is 4.21. The van der Waals surface area contributed by atoms with Crippen molar-refractivity contribution in [2.45, 2.75) is 37.9 Å². The molecule has 2 aliphatic rings. The molecule has 0 bridgehead atoms. The normalized spacial score (nSPS) is 22.4. The Morgan fingerprint density at radius 3 is 2.59 bits per heavy atom. The van der Waals surface area contributed by atoms with Gasteiger partial charge in [0, 0.05) is 12.6 Å². The van der Waals surface area contributed by atoms with Crippen molar-refractivity contribution in [1.29, 1.82) is 0 Å². The van der Waals surface area contributed by atoms with Crippen LogP contribution in [0.4, 0.5) is 13.2 Å². The average Bonchev–Trinajstić information content (AvgIpc) is 3.14. The summed E-state index contributed by atoms with van der Waals surface area (Å²) >= 11 is 5.93. The van der Waals surface area contributed by atoms with Crippen molar-refractivity contribution in [2.24, 2.45) is 10.9 Å². The number of alkyl halides is 3. The van der Waals surface area contributed by atoms with Gasteiger partial charge in [0.05, 0.1) is 22.7 Å². The van der Waals surface area contributed by atoms with Crippen molar-refractivity contribution in [3.05, 3.63) is 46.5 Å². The first-order chi connectivity index (χ1) is 12.8. The maximum Gasteiger partial charge on any atom is 0.416 e. The first-order valence-corrected chi connectivity index (χ1v) is 9.33. The lowest BCUT2D eigenvalue weighted by atomic mass is 9.86. The Bertz CT molecular complexity index is 753. The van der Waals surface area contributed by atoms with Crippen LogP contribution in [0.5, 0.6) is 0 Å². The van der Waals surface area contributed by atoms with Gasteiger partial charge in [0.1, 0.15) is 5.84 Å². The van der Waals surface area contributed by atoms with Crippen LogP contribution >= 0.6 is 11.6 Å². The Morgan fingerprint density at radius 1 is 1.22 bits per heavy atom. The summed E-state index contributed by atoms with van der Waals surface area (Å²) in [6.45, 7) is 1.56. The van der Waals surface area contributed by atoms with E-state index >= 15 is 0 Å². The lowest BCUT2D eigenvalue weighted by molar-refractivity contribution is -0.137. The highest BCUT2D eigenvalue weighted by atomic mass is 35.5. The molecule has 1 saturated carbocycles. The molecule has 1 fully saturated rings. The summed E-state index contributed by atoms with van der Waals surface area (Å²) in [7, 11) is 0. The summed E-state index contributed by atoms with van der Waals surface area (Å²) in [4.78, 5) is 16.7. The van der Waals surface area contributed by atoms with Gasteiger partial charge in [-0.3, -0.25) is 9.79 Å². The second-order valence-electron chi connectivity index (χ2n) is 6.89. The molecule has 1 aromatic carbocycles. The van der Waals surface area contributed by atoms with Crippen LogP contribution in [0.1, 0.15) is 41.6 Å². The van der Waals surface area contributed by atoms with Gasteiger partial charge >= 0.3 is 6.18 Å². The average molecular weight is 400 g/mol. The predicted molar refractivity (Wildman–Crippen MR) is 99.1 cm³/mol. The number of amides is 1. The van der Waals surface area contributed by atoms with Gasteiger partial charge in [0.25, 0.3) is 5.91 Å². The Morgan fingerprint density at radius 2 is 1.96 bits per heavy atom. The Labute approximate surface area is 160 Å². The number of carbonyl (C=O) groups excluding carboxylic acids is 1. The first kappa shape index (κ1) is 19.7. The monoisotopic (exact) mass is 399 g/mol. The summed E-state index contributed by atoms with van der Waals surface area (Å²) in [6.07, 6.45) is 2.90. The topological polar surface area (TPSA) is 53.5 Å². The fourth-order valence-corrected chi connectivity index (χ4v) is 3.58. The number of rotatable bonds is 4. The number of benzene rings is 1. The van der Waals surface area contributed by atoms with Crippen LogP contribution in [0.15, 0.2) is 35.3 Å². The Balaban J connectivity index is 1.51. The molecule has 146 valence electrons. The van der Waals surface area contributed by atoms with E-state index in [9.17, 15) is 18.0 Å². The van der Waals surface area contributed by atoms with Gasteiger partial charge in [-0.25, -0.2) is 0 Å². The van der Waals surface area contributed by atoms with Gasteiger partial charge in [0.2, 0.25) is 0 Å². The van der Waals surface area contributed by atoms with Gasteiger partial charge in [-0.1, -0.05) is 17.7 Å². The summed E-state index contributed by atoms with van der Waals surface area (Å²) in [5.41, 5.74) is -1.02. The zero-order valence-corrected chi connectivity index (χ0v) is 15.4. The van der Waals surface area contributed by atoms with E-state index in [1.165, 1.54) is 0 Å². The van der Waals surface area contributed by atoms with Gasteiger partial charge in [-0.15, -0.1) is 0 Å². The minimum absolute atomic E-state index is 0.0174. The summed E-state index contributed by atoms with van der Waals surface area (Å²) in [5.74, 6) is 0.842. The van der Waals surface area contributed by atoms with Crippen LogP contribution in [0, 0.1) is 5.92 Å². The number of aliphatic imine (C=N–C) groups is 1. The van der Waals surface area contributed by atoms with Crippen molar-refractivity contribution in [3.8, 4) is 0 Å². The van der Waals surface area contributed by atoms with Crippen LogP contribution in [0.2, 0.25) is 5.02 Å². The van der Waals surface area contributed by atoms with E-state index < -0.39 is 17.6 Å². The molecule has 0 saturated heterocycles. The molecule has 1 heterocycles. The van der Waals surface area contributed by atoms with Crippen molar-refractivity contribution in [2.75, 3.05) is 13.1 Å². The molecule has 1 aliphatic carbocycles. The van der Waals surface area contributed by atoms with Crippen LogP contribution in [0.3, 0.4) is 0 Å². The van der Waals surface area contributed by atoms with E-state index in [0.717, 1.165) is 62.8 Å². The number of carbonyl (C=O) groups is 1. The maximum atomic E-state index is 12.9. The van der Waals surface area contributed by atoms with E-state index in [4.69, 9.17) is 11.6 Å². The number of hydrogen-bond donors (Lipinski definition) is 2. The lowest BCUT2D eigenvalue weighted by Gasteiger charge is -2.29. The van der Waals surface area contributed by atoms with Crippen molar-refractivity contribution in [3.63, 3.8) is 0 Å². The Kier molecular flexibility index (Phi) is 6.09. The van der Waals surface area contributed by atoms with Gasteiger partial charge in [-0.05, 0) is 55.9 Å². The standard InChI is InChI=1S/C19H21ClF3N3O/c20-16-8-5-13(19(21,22)23)10-15(16)18(27)26-14-6-3-12(4-7-14)11-25-17-2-1-9-24-17/h1-2,5,8,10,12,14H,3-4,6-7,9,11H2,(H,24,25)(H,26,27). The SMILES string of the molecule is O=C(NC1CCC(CNC2=NCC=C2)CC1)c1cc(C(F)(F)F)ccc1Cl. The number of nitrogens with one attached hydrogen (secondary N) is 2. The first-order valence-electron chi connectivity index (χ1n) is 8.95. The zero-order valence-electron chi connectivity index (χ0n) is 14.7. The highest BCUT2D eigenvalue weighted by Crippen LogP contribution is 2.32. The third-order valence-electron chi connectivity index (χ3n) is 4.93. The molecule has 27 heavy (non-hydrogen) atoms. The molecule has 3 rings (SSSR count). The summed E-state index contributed by atoms with van der Waals surface area (Å²) < 4.78 is 38.6. The fraction of sp³-hybridized carbons (Fsp3) is 0.474. The highest BCUT2D eigenvalue weighted by Gasteiger charge is 2.32. The largest absolute Gasteiger partial charge is 0.416 e. The molecule has 2 N–H and O–H groups in total. The third kappa shape index (κ3) is 5.25. The van der Waals surface area contributed by atoms with E-state index in [0.29, 0.717) is 5.92 Å². The molecule has 0 spiro atoms. The van der Waals surface area contributed by atoms with Crippen LogP contribution in [0.25, 0.3) is 0 Å². The number of hydrogen-bond acceptors (Lipinski definition) is 3. The minimum atomic E-state index is -4.51. The van der Waals surface area contributed by atoms with Crippen molar-refractivity contribution < 1.29 is 18.0 Å². The number of amidine groups is 1.